The lowest BCUT2D eigenvalue weighted by Gasteiger charge is -2.23. The van der Waals surface area contributed by atoms with E-state index in [2.05, 4.69) is 51.2 Å². The molecule has 2 amide bonds. The van der Waals surface area contributed by atoms with Crippen LogP contribution in [0.4, 0.5) is 16.3 Å². The molecule has 1 aliphatic heterocycles. The summed E-state index contributed by atoms with van der Waals surface area (Å²) in [6.45, 7) is 9.25. The third-order valence-electron chi connectivity index (χ3n) is 7.36. The number of hydrogen-bond donors (Lipinski definition) is 1. The summed E-state index contributed by atoms with van der Waals surface area (Å²) in [5.41, 5.74) is 5.78. The van der Waals surface area contributed by atoms with Gasteiger partial charge >= 0.3 is 6.09 Å². The van der Waals surface area contributed by atoms with Crippen LogP contribution < -0.4 is 5.32 Å². The van der Waals surface area contributed by atoms with Crippen molar-refractivity contribution >= 4 is 39.9 Å². The Labute approximate surface area is 244 Å². The molecule has 1 N–H and O–H groups in total. The van der Waals surface area contributed by atoms with Gasteiger partial charge in [-0.1, -0.05) is 12.1 Å². The second kappa shape index (κ2) is 10.3. The van der Waals surface area contributed by atoms with E-state index in [4.69, 9.17) is 4.74 Å². The molecule has 0 aliphatic carbocycles. The molecule has 4 aromatic heterocycles. The van der Waals surface area contributed by atoms with E-state index in [0.717, 1.165) is 51.8 Å². The summed E-state index contributed by atoms with van der Waals surface area (Å²) in [6, 6.07) is 11.9. The molecule has 5 aromatic rings. The molecule has 6 rings (SSSR count). The molecular formula is C32H35N7O3. The quantitative estimate of drug-likeness (QED) is 0.276. The largest absolute Gasteiger partial charge is 0.443 e. The Morgan fingerprint density at radius 1 is 1.07 bits per heavy atom. The van der Waals surface area contributed by atoms with Gasteiger partial charge in [0, 0.05) is 36.4 Å². The minimum atomic E-state index is -0.737. The summed E-state index contributed by atoms with van der Waals surface area (Å²) in [7, 11) is 4.11. The van der Waals surface area contributed by atoms with E-state index in [1.165, 1.54) is 4.90 Å². The average molecular weight is 566 g/mol. The van der Waals surface area contributed by atoms with Crippen molar-refractivity contribution in [1.29, 1.82) is 0 Å². The van der Waals surface area contributed by atoms with Crippen molar-refractivity contribution in [3.8, 4) is 11.1 Å². The zero-order valence-corrected chi connectivity index (χ0v) is 24.8. The van der Waals surface area contributed by atoms with E-state index in [-0.39, 0.29) is 6.54 Å². The first kappa shape index (κ1) is 27.5. The van der Waals surface area contributed by atoms with Crippen LogP contribution in [0.5, 0.6) is 0 Å². The van der Waals surface area contributed by atoms with Crippen molar-refractivity contribution in [2.75, 3.05) is 26.0 Å². The summed E-state index contributed by atoms with van der Waals surface area (Å²) in [5, 5.41) is 8.95. The van der Waals surface area contributed by atoms with Gasteiger partial charge in [0.15, 0.2) is 0 Å². The number of nitrogens with one attached hydrogen (secondary N) is 1. The molecule has 1 aromatic carbocycles. The molecule has 0 saturated carbocycles. The molecule has 1 aliphatic rings. The van der Waals surface area contributed by atoms with Gasteiger partial charge in [-0.15, -0.1) is 0 Å². The fourth-order valence-corrected chi connectivity index (χ4v) is 5.33. The fraction of sp³-hybridized carbons (Fsp3) is 0.312. The van der Waals surface area contributed by atoms with Gasteiger partial charge in [-0.25, -0.2) is 19.2 Å². The van der Waals surface area contributed by atoms with Crippen molar-refractivity contribution in [1.82, 2.24) is 29.0 Å². The van der Waals surface area contributed by atoms with Gasteiger partial charge in [-0.05, 0) is 82.7 Å². The first-order valence-electron chi connectivity index (χ1n) is 14.0. The summed E-state index contributed by atoms with van der Waals surface area (Å²) in [6.07, 6.45) is 7.00. The molecule has 0 unspecified atom stereocenters. The lowest BCUT2D eigenvalue weighted by Crippen LogP contribution is -2.37. The van der Waals surface area contributed by atoms with Crippen LogP contribution in [0.25, 0.3) is 27.5 Å². The number of carbonyl (C=O) groups excluding carboxylic acids is 2. The third-order valence-corrected chi connectivity index (χ3v) is 7.36. The zero-order chi connectivity index (χ0) is 29.8. The van der Waals surface area contributed by atoms with Crippen LogP contribution in [0.1, 0.15) is 42.3 Å². The number of aryl methyl sites for hydroxylation is 1. The van der Waals surface area contributed by atoms with Crippen LogP contribution in [0.3, 0.4) is 0 Å². The van der Waals surface area contributed by atoms with E-state index in [0.29, 0.717) is 17.1 Å². The standard InChI is InChI=1S/C32H35N7O3/c1-20-7-10-26-23(16-34-39(26)18-20)22-8-9-25(29-24(22)19-38(30(29)40)31(41)42-32(2,3)4)35-28-15-21-11-12-37(14-13-36(5)6)27(21)17-33-28/h7-12,15-18H,13-14,19H2,1-6H3,(H,33,35). The predicted molar refractivity (Wildman–Crippen MR) is 163 cm³/mol. The number of aromatic nitrogens is 4. The first-order valence-corrected chi connectivity index (χ1v) is 14.0. The second-order valence-corrected chi connectivity index (χ2v) is 12.0. The maximum absolute atomic E-state index is 13.8. The number of amides is 2. The minimum absolute atomic E-state index is 0.0956. The highest BCUT2D eigenvalue weighted by Crippen LogP contribution is 2.40. The molecule has 42 heavy (non-hydrogen) atoms. The van der Waals surface area contributed by atoms with E-state index < -0.39 is 17.6 Å². The maximum atomic E-state index is 13.8. The lowest BCUT2D eigenvalue weighted by molar-refractivity contribution is 0.0248. The number of hydrogen-bond acceptors (Lipinski definition) is 7. The minimum Gasteiger partial charge on any atom is -0.443 e. The maximum Gasteiger partial charge on any atom is 0.417 e. The number of fused-ring (bicyclic) bond motifs is 3. The molecule has 0 atom stereocenters. The Bertz CT molecular complexity index is 1840. The summed E-state index contributed by atoms with van der Waals surface area (Å²) in [4.78, 5) is 34.9. The van der Waals surface area contributed by atoms with Crippen molar-refractivity contribution in [2.45, 2.75) is 46.4 Å². The van der Waals surface area contributed by atoms with Crippen molar-refractivity contribution in [2.24, 2.45) is 0 Å². The summed E-state index contributed by atoms with van der Waals surface area (Å²) < 4.78 is 9.60. The average Bonchev–Trinajstić information content (AvgIpc) is 3.62. The molecule has 0 radical (unpaired) electrons. The fourth-order valence-electron chi connectivity index (χ4n) is 5.33. The van der Waals surface area contributed by atoms with Crippen LogP contribution in [0.2, 0.25) is 0 Å². The molecule has 5 heterocycles. The van der Waals surface area contributed by atoms with Crippen LogP contribution in [-0.4, -0.2) is 67.2 Å². The molecule has 0 spiro atoms. The van der Waals surface area contributed by atoms with Crippen LogP contribution in [0.15, 0.2) is 61.2 Å². The number of benzene rings is 1. The van der Waals surface area contributed by atoms with E-state index in [1.807, 2.05) is 54.2 Å². The summed E-state index contributed by atoms with van der Waals surface area (Å²) >= 11 is 0. The smallest absolute Gasteiger partial charge is 0.417 e. The Morgan fingerprint density at radius 3 is 2.64 bits per heavy atom. The monoisotopic (exact) mass is 565 g/mol. The molecule has 0 saturated heterocycles. The van der Waals surface area contributed by atoms with Gasteiger partial charge in [0.1, 0.15) is 11.4 Å². The topological polar surface area (TPSA) is 97.0 Å². The van der Waals surface area contributed by atoms with E-state index in [1.54, 1.807) is 27.0 Å². The van der Waals surface area contributed by atoms with Gasteiger partial charge in [0.2, 0.25) is 0 Å². The van der Waals surface area contributed by atoms with Gasteiger partial charge in [-0.2, -0.15) is 5.10 Å². The van der Waals surface area contributed by atoms with Crippen molar-refractivity contribution < 1.29 is 14.3 Å². The highest BCUT2D eigenvalue weighted by Gasteiger charge is 2.39. The highest BCUT2D eigenvalue weighted by molar-refractivity contribution is 6.12. The number of nitrogens with zero attached hydrogens (tertiary/aromatic N) is 6. The predicted octanol–water partition coefficient (Wildman–Crippen LogP) is 5.86. The van der Waals surface area contributed by atoms with Crippen molar-refractivity contribution in [3.63, 3.8) is 0 Å². The van der Waals surface area contributed by atoms with Gasteiger partial charge in [0.05, 0.1) is 41.2 Å². The molecular weight excluding hydrogens is 530 g/mol. The van der Waals surface area contributed by atoms with Gasteiger partial charge < -0.3 is 19.5 Å². The molecule has 10 nitrogen and oxygen atoms in total. The Morgan fingerprint density at radius 2 is 1.88 bits per heavy atom. The Kier molecular flexibility index (Phi) is 6.73. The first-order chi connectivity index (χ1) is 20.0. The van der Waals surface area contributed by atoms with Crippen LogP contribution >= 0.6 is 0 Å². The highest BCUT2D eigenvalue weighted by atomic mass is 16.6. The van der Waals surface area contributed by atoms with Gasteiger partial charge in [0.25, 0.3) is 5.91 Å². The molecule has 0 bridgehead atoms. The number of carbonyl (C=O) groups is 2. The van der Waals surface area contributed by atoms with Gasteiger partial charge in [-0.3, -0.25) is 4.79 Å². The van der Waals surface area contributed by atoms with Crippen LogP contribution in [0, 0.1) is 6.92 Å². The van der Waals surface area contributed by atoms with Crippen molar-refractivity contribution in [3.05, 3.63) is 77.9 Å². The molecule has 10 heteroatoms. The number of ether oxygens (including phenoxy) is 1. The number of imide groups is 1. The molecule has 0 fully saturated rings. The van der Waals surface area contributed by atoms with E-state index in [9.17, 15) is 9.59 Å². The number of pyridine rings is 2. The zero-order valence-electron chi connectivity index (χ0n) is 24.8. The van der Waals surface area contributed by atoms with E-state index >= 15 is 0 Å². The summed E-state index contributed by atoms with van der Waals surface area (Å²) in [5.74, 6) is 0.199. The Hall–Kier alpha value is -4.70. The normalized spacial score (nSPS) is 13.4. The SMILES string of the molecule is Cc1ccc2c(-c3ccc(Nc4cc5ccn(CCN(C)C)c5cn4)c4c3CN(C(=O)OC(C)(C)C)C4=O)cnn2c1. The second-order valence-electron chi connectivity index (χ2n) is 12.0. The number of anilines is 2. The number of likely N-dealkylation sites (N-methyl/N-ethyl adjacent to an activating group) is 1. The lowest BCUT2D eigenvalue weighted by atomic mass is 9.96. The molecule has 216 valence electrons. The number of rotatable bonds is 6. The van der Waals surface area contributed by atoms with Crippen LogP contribution in [-0.2, 0) is 17.8 Å². The Balaban J connectivity index is 1.40. The third kappa shape index (κ3) is 5.09.